The molecule has 318 valence electrons. The Morgan fingerprint density at radius 1 is 0.250 bits per heavy atom. The number of hydrogen-bond donors (Lipinski definition) is 7. The lowest BCUT2D eigenvalue weighted by molar-refractivity contribution is 0.765. The summed E-state index contributed by atoms with van der Waals surface area (Å²) < 4.78 is 0. The standard InChI is InChI=1S/C42H60N18/c1-2-59-36-60-35-42-33-57-6-4-44-20-37(1)19-43-3-5-45-21-38-22-46-7-9-48-24-39(25-49-10-8-47-23-38)26-50-11-12-51-27-40-28-52-13-15-54-30-41(31-55-16-14-53-29-40)32-56-17-18-58-34-42/h1-2,19-35,44,46,49,51,56,58-59H,3-18,36H2/b2-1?,37-20+,38-22?,39-25?,40-27?,41-32?,42-34?,43-19?,45-21?,47-23?,48-24?,50-26?,52-28?,53-29?,54-30?,55-31?,57-33?,60-35?. The predicted octanol–water partition coefficient (Wildman–Crippen LogP) is 0.721. The van der Waals surface area contributed by atoms with Gasteiger partial charge in [0, 0.05) is 178 Å². The third kappa shape index (κ3) is 23.4. The molecule has 0 saturated carbocycles. The van der Waals surface area contributed by atoms with Gasteiger partial charge in [-0.25, -0.2) is 0 Å². The summed E-state index contributed by atoms with van der Waals surface area (Å²) in [5, 5.41) is 23.2. The van der Waals surface area contributed by atoms with E-state index in [2.05, 4.69) is 92.1 Å². The van der Waals surface area contributed by atoms with Crippen molar-refractivity contribution in [1.29, 1.82) is 0 Å². The Hall–Kier alpha value is -6.85. The van der Waals surface area contributed by atoms with E-state index >= 15 is 0 Å². The van der Waals surface area contributed by atoms with Crippen molar-refractivity contribution in [1.82, 2.24) is 37.2 Å². The maximum Gasteiger partial charge on any atom is 0.107 e. The second-order valence-corrected chi connectivity index (χ2v) is 13.0. The Balaban J connectivity index is 1.45. The number of nitrogens with one attached hydrogen (secondary N) is 7. The van der Waals surface area contributed by atoms with E-state index in [0.717, 1.165) is 33.4 Å². The van der Waals surface area contributed by atoms with Crippen LogP contribution in [0.25, 0.3) is 0 Å². The second kappa shape index (κ2) is 32.1. The van der Waals surface area contributed by atoms with Crippen molar-refractivity contribution in [2.45, 2.75) is 0 Å². The lowest BCUT2D eigenvalue weighted by atomic mass is 10.3. The van der Waals surface area contributed by atoms with Gasteiger partial charge in [0.15, 0.2) is 0 Å². The molecule has 0 saturated heterocycles. The highest BCUT2D eigenvalue weighted by molar-refractivity contribution is 6.06. The molecule has 9 aliphatic heterocycles. The van der Waals surface area contributed by atoms with E-state index in [-0.39, 0.29) is 0 Å². The molecule has 9 aliphatic rings. The summed E-state index contributed by atoms with van der Waals surface area (Å²) in [7, 11) is 0. The van der Waals surface area contributed by atoms with Crippen molar-refractivity contribution < 1.29 is 0 Å². The van der Waals surface area contributed by atoms with E-state index in [1.54, 1.807) is 6.21 Å². The lowest BCUT2D eigenvalue weighted by Gasteiger charge is -2.04. The minimum Gasteiger partial charge on any atom is -0.389 e. The summed E-state index contributed by atoms with van der Waals surface area (Å²) in [6.07, 6.45) is 35.3. The van der Waals surface area contributed by atoms with Crippen molar-refractivity contribution in [2.75, 3.05) is 111 Å². The summed E-state index contributed by atoms with van der Waals surface area (Å²) in [4.78, 5) is 50.2. The minimum absolute atomic E-state index is 0.409. The number of allylic oxidation sites excluding steroid dienone is 7. The van der Waals surface area contributed by atoms with Gasteiger partial charge in [-0.3, -0.25) is 54.9 Å². The molecule has 0 aromatic heterocycles. The quantitative estimate of drug-likeness (QED) is 0.186. The maximum absolute atomic E-state index is 4.60. The Bertz CT molecular complexity index is 1800. The first-order valence-corrected chi connectivity index (χ1v) is 20.3. The van der Waals surface area contributed by atoms with Crippen LogP contribution in [0.5, 0.6) is 0 Å². The third-order valence-electron chi connectivity index (χ3n) is 7.86. The fraction of sp³-hybridized carbons (Fsp3) is 0.405. The van der Waals surface area contributed by atoms with Gasteiger partial charge in [0.05, 0.1) is 65.4 Å². The van der Waals surface area contributed by atoms with Gasteiger partial charge in [0.1, 0.15) is 6.67 Å². The summed E-state index contributed by atoms with van der Waals surface area (Å²) in [6.45, 7) is 10.0. The van der Waals surface area contributed by atoms with E-state index in [1.807, 2.05) is 112 Å². The molecule has 18 nitrogen and oxygen atoms in total. The van der Waals surface area contributed by atoms with Crippen LogP contribution in [-0.2, 0) is 0 Å². The highest BCUT2D eigenvalue weighted by Crippen LogP contribution is 1.95. The van der Waals surface area contributed by atoms with Gasteiger partial charge in [0.2, 0.25) is 0 Å². The van der Waals surface area contributed by atoms with Crippen LogP contribution in [0.4, 0.5) is 0 Å². The van der Waals surface area contributed by atoms with E-state index < -0.39 is 0 Å². The molecule has 0 amide bonds. The molecule has 0 radical (unpaired) electrons. The van der Waals surface area contributed by atoms with Gasteiger partial charge < -0.3 is 37.2 Å². The number of nitrogens with zero attached hydrogens (tertiary/aromatic N) is 11. The van der Waals surface area contributed by atoms with E-state index in [4.69, 9.17) is 0 Å². The molecule has 0 unspecified atom stereocenters. The predicted molar refractivity (Wildman–Crippen MR) is 256 cm³/mol. The van der Waals surface area contributed by atoms with Crippen molar-refractivity contribution in [2.24, 2.45) is 54.9 Å². The summed E-state index contributed by atoms with van der Waals surface area (Å²) >= 11 is 0. The lowest BCUT2D eigenvalue weighted by Crippen LogP contribution is -2.22. The molecule has 9 heterocycles. The molecule has 0 spiro atoms. The van der Waals surface area contributed by atoms with Crippen LogP contribution in [0.15, 0.2) is 138 Å². The molecular weight excluding hydrogens is 757 g/mol. The molecule has 0 atom stereocenters. The molecule has 0 aromatic rings. The van der Waals surface area contributed by atoms with Gasteiger partial charge in [-0.1, -0.05) is 0 Å². The third-order valence-corrected chi connectivity index (χ3v) is 7.86. The van der Waals surface area contributed by atoms with E-state index in [9.17, 15) is 0 Å². The van der Waals surface area contributed by atoms with Gasteiger partial charge in [-0.05, 0) is 12.3 Å². The van der Waals surface area contributed by atoms with Crippen LogP contribution in [-0.4, -0.2) is 180 Å². The van der Waals surface area contributed by atoms with Gasteiger partial charge >= 0.3 is 0 Å². The van der Waals surface area contributed by atoms with Crippen molar-refractivity contribution in [3.63, 3.8) is 0 Å². The fourth-order valence-electron chi connectivity index (χ4n) is 4.93. The SMILES string of the molecule is C1=C/C2=C\NCCN=CC(=CNCCNC=C3C=NCCN=CC(=CNCCN=CC4=CNCCN=CC(=CNCCN=C4)C=NCCN=C2)C=NCCN=C3)C=NCN1. The van der Waals surface area contributed by atoms with Crippen LogP contribution in [0.3, 0.4) is 0 Å². The molecule has 60 heavy (non-hydrogen) atoms. The van der Waals surface area contributed by atoms with Gasteiger partial charge in [-0.15, -0.1) is 0 Å². The molecular formula is C42H60N18. The zero-order valence-corrected chi connectivity index (χ0v) is 34.4. The fourth-order valence-corrected chi connectivity index (χ4v) is 4.93. The van der Waals surface area contributed by atoms with Crippen LogP contribution >= 0.6 is 0 Å². The van der Waals surface area contributed by atoms with E-state index in [1.165, 1.54) is 0 Å². The maximum atomic E-state index is 4.60. The first-order chi connectivity index (χ1) is 29.8. The normalized spacial score (nSPS) is 21.1. The number of hydrogen-bond acceptors (Lipinski definition) is 18. The average Bonchev–Trinajstić information content (AvgIpc) is 3.25. The Labute approximate surface area is 354 Å². The minimum atomic E-state index is 0.409. The van der Waals surface area contributed by atoms with Crippen LogP contribution < -0.4 is 37.2 Å². The topological polar surface area (TPSA) is 220 Å². The molecule has 0 fully saturated rings. The Morgan fingerprint density at radius 3 is 0.833 bits per heavy atom. The molecule has 0 aromatic carbocycles. The highest BCUT2D eigenvalue weighted by Gasteiger charge is 1.97. The van der Waals surface area contributed by atoms with Crippen LogP contribution in [0.2, 0.25) is 0 Å². The zero-order chi connectivity index (χ0) is 41.6. The first-order valence-electron chi connectivity index (χ1n) is 20.3. The Kier molecular flexibility index (Phi) is 24.6. The van der Waals surface area contributed by atoms with Gasteiger partial charge in [0.25, 0.3) is 0 Å². The van der Waals surface area contributed by atoms with Crippen molar-refractivity contribution in [3.05, 3.63) is 82.9 Å². The van der Waals surface area contributed by atoms with Crippen LogP contribution in [0, 0.1) is 0 Å². The molecule has 0 aliphatic carbocycles. The monoisotopic (exact) mass is 817 g/mol. The first kappa shape index (κ1) is 45.8. The summed E-state index contributed by atoms with van der Waals surface area (Å²) in [6, 6.07) is 0. The molecule has 6 bridgehead atoms. The largest absolute Gasteiger partial charge is 0.389 e. The smallest absolute Gasteiger partial charge is 0.107 e. The van der Waals surface area contributed by atoms with Crippen molar-refractivity contribution in [3.8, 4) is 0 Å². The molecule has 18 heteroatoms. The average molecular weight is 817 g/mol. The Morgan fingerprint density at radius 2 is 0.500 bits per heavy atom. The van der Waals surface area contributed by atoms with E-state index in [0.29, 0.717) is 111 Å². The van der Waals surface area contributed by atoms with Crippen molar-refractivity contribution >= 4 is 68.4 Å². The number of aliphatic imine (C=N–C) groups is 11. The zero-order valence-electron chi connectivity index (χ0n) is 34.4. The van der Waals surface area contributed by atoms with Crippen LogP contribution in [0.1, 0.15) is 0 Å². The summed E-state index contributed by atoms with van der Waals surface area (Å²) in [5.41, 5.74) is 5.27. The van der Waals surface area contributed by atoms with Gasteiger partial charge in [-0.2, -0.15) is 0 Å². The second-order valence-electron chi connectivity index (χ2n) is 13.0. The highest BCUT2D eigenvalue weighted by atomic mass is 15.0. The summed E-state index contributed by atoms with van der Waals surface area (Å²) in [5.74, 6) is 0. The number of rotatable bonds is 0. The molecule has 9 rings (SSSR count). The molecule has 7 N–H and O–H groups in total.